The molecule has 0 fully saturated rings. The van der Waals surface area contributed by atoms with Crippen LogP contribution in [0.4, 0.5) is 0 Å². The Morgan fingerprint density at radius 2 is 2.23 bits per heavy atom. The van der Waals surface area contributed by atoms with E-state index >= 15 is 0 Å². The summed E-state index contributed by atoms with van der Waals surface area (Å²) >= 11 is 1.52. The van der Waals surface area contributed by atoms with Crippen molar-refractivity contribution in [3.05, 3.63) is 30.1 Å². The largest absolute Gasteiger partial charge is 0.461 e. The number of aromatic nitrogens is 5. The number of hydrogen-bond acceptors (Lipinski definition) is 7. The van der Waals surface area contributed by atoms with Gasteiger partial charge in [0.15, 0.2) is 22.6 Å². The van der Waals surface area contributed by atoms with Crippen LogP contribution < -0.4 is 0 Å². The van der Waals surface area contributed by atoms with E-state index in [9.17, 15) is 0 Å². The van der Waals surface area contributed by atoms with E-state index in [1.165, 1.54) is 11.8 Å². The zero-order valence-electron chi connectivity index (χ0n) is 12.7. The molecular weight excluding hydrogens is 302 g/mol. The lowest BCUT2D eigenvalue weighted by molar-refractivity contribution is 0.374. The van der Waals surface area contributed by atoms with E-state index in [0.717, 1.165) is 23.8 Å². The molecule has 3 aromatic heterocycles. The van der Waals surface area contributed by atoms with Gasteiger partial charge in [0, 0.05) is 13.5 Å². The molecule has 0 amide bonds. The second kappa shape index (κ2) is 6.35. The first-order valence-corrected chi connectivity index (χ1v) is 7.99. The lowest BCUT2D eigenvalue weighted by atomic mass is 10.3. The highest BCUT2D eigenvalue weighted by Crippen LogP contribution is 2.34. The normalized spacial score (nSPS) is 12.7. The van der Waals surface area contributed by atoms with Crippen LogP contribution in [0.2, 0.25) is 0 Å². The topological polar surface area (TPSA) is 82.8 Å². The summed E-state index contributed by atoms with van der Waals surface area (Å²) in [5.74, 6) is 2.74. The average Bonchev–Trinajstić information content (AvgIpc) is 3.21. The Kier molecular flexibility index (Phi) is 4.28. The molecule has 0 aliphatic rings. The van der Waals surface area contributed by atoms with Gasteiger partial charge in [-0.2, -0.15) is 4.98 Å². The summed E-state index contributed by atoms with van der Waals surface area (Å²) in [6.45, 7) is 4.10. The van der Waals surface area contributed by atoms with Crippen molar-refractivity contribution in [3.8, 4) is 11.6 Å². The molecule has 0 spiro atoms. The molecule has 0 aromatic carbocycles. The van der Waals surface area contributed by atoms with Crippen molar-refractivity contribution < 1.29 is 8.94 Å². The maximum atomic E-state index is 5.36. The van der Waals surface area contributed by atoms with Crippen LogP contribution in [0.25, 0.3) is 11.6 Å². The molecule has 3 heterocycles. The number of hydrogen-bond donors (Lipinski definition) is 0. The summed E-state index contributed by atoms with van der Waals surface area (Å²) < 4.78 is 12.6. The molecule has 0 bridgehead atoms. The van der Waals surface area contributed by atoms with Gasteiger partial charge in [-0.25, -0.2) is 0 Å². The summed E-state index contributed by atoms with van der Waals surface area (Å²) in [6, 6.07) is 3.68. The van der Waals surface area contributed by atoms with Crippen LogP contribution in [0.3, 0.4) is 0 Å². The quantitative estimate of drug-likeness (QED) is 0.645. The first-order chi connectivity index (χ1) is 10.7. The predicted octanol–water partition coefficient (Wildman–Crippen LogP) is 3.26. The van der Waals surface area contributed by atoms with Crippen molar-refractivity contribution in [2.45, 2.75) is 37.1 Å². The van der Waals surface area contributed by atoms with Gasteiger partial charge in [0.05, 0.1) is 11.5 Å². The number of furan rings is 1. The van der Waals surface area contributed by atoms with E-state index in [1.807, 2.05) is 30.7 Å². The summed E-state index contributed by atoms with van der Waals surface area (Å²) in [6.07, 6.45) is 3.44. The monoisotopic (exact) mass is 319 g/mol. The molecule has 1 unspecified atom stereocenters. The molecule has 22 heavy (non-hydrogen) atoms. The third kappa shape index (κ3) is 2.92. The summed E-state index contributed by atoms with van der Waals surface area (Å²) in [7, 11) is 1.91. The van der Waals surface area contributed by atoms with Crippen molar-refractivity contribution in [1.82, 2.24) is 24.9 Å². The SMILES string of the molecule is CCCc1noc(C(C)Sc2nnc(-c3ccco3)n2C)n1. The zero-order chi connectivity index (χ0) is 15.5. The number of rotatable bonds is 6. The Bertz CT molecular complexity index is 734. The van der Waals surface area contributed by atoms with E-state index in [1.54, 1.807) is 6.26 Å². The molecule has 0 saturated carbocycles. The van der Waals surface area contributed by atoms with Crippen molar-refractivity contribution in [2.75, 3.05) is 0 Å². The minimum absolute atomic E-state index is 0.00505. The van der Waals surface area contributed by atoms with Gasteiger partial charge in [-0.05, 0) is 25.5 Å². The molecule has 0 aliphatic heterocycles. The predicted molar refractivity (Wildman–Crippen MR) is 81.3 cm³/mol. The van der Waals surface area contributed by atoms with Crippen LogP contribution in [0.1, 0.15) is 37.2 Å². The highest BCUT2D eigenvalue weighted by molar-refractivity contribution is 7.99. The molecule has 3 rings (SSSR count). The van der Waals surface area contributed by atoms with E-state index in [-0.39, 0.29) is 5.25 Å². The highest BCUT2D eigenvalue weighted by Gasteiger charge is 2.20. The van der Waals surface area contributed by atoms with Crippen molar-refractivity contribution in [3.63, 3.8) is 0 Å². The molecule has 3 aromatic rings. The van der Waals surface area contributed by atoms with Gasteiger partial charge in [0.25, 0.3) is 0 Å². The van der Waals surface area contributed by atoms with E-state index < -0.39 is 0 Å². The van der Waals surface area contributed by atoms with Gasteiger partial charge in [-0.3, -0.25) is 0 Å². The second-order valence-corrected chi connectivity index (χ2v) is 6.21. The van der Waals surface area contributed by atoms with Gasteiger partial charge < -0.3 is 13.5 Å². The fraction of sp³-hybridized carbons (Fsp3) is 0.429. The summed E-state index contributed by atoms with van der Waals surface area (Å²) in [4.78, 5) is 4.41. The Balaban J connectivity index is 1.75. The fourth-order valence-electron chi connectivity index (χ4n) is 2.00. The van der Waals surface area contributed by atoms with Crippen LogP contribution in [0.15, 0.2) is 32.5 Å². The number of thioether (sulfide) groups is 1. The van der Waals surface area contributed by atoms with Crippen LogP contribution in [0, 0.1) is 0 Å². The molecule has 1 atom stereocenters. The Morgan fingerprint density at radius 3 is 2.95 bits per heavy atom. The van der Waals surface area contributed by atoms with E-state index in [0.29, 0.717) is 17.5 Å². The fourth-order valence-corrected chi connectivity index (χ4v) is 2.85. The standard InChI is InChI=1S/C14H17N5O2S/c1-4-6-11-15-13(21-18-11)9(2)22-14-17-16-12(19(14)3)10-7-5-8-20-10/h5,7-9H,4,6H2,1-3H3. The lowest BCUT2D eigenvalue weighted by Crippen LogP contribution is -1.97. The molecule has 0 saturated heterocycles. The van der Waals surface area contributed by atoms with Crippen LogP contribution >= 0.6 is 11.8 Å². The zero-order valence-corrected chi connectivity index (χ0v) is 13.5. The first-order valence-electron chi connectivity index (χ1n) is 7.11. The van der Waals surface area contributed by atoms with Gasteiger partial charge in [0.1, 0.15) is 0 Å². The first kappa shape index (κ1) is 14.8. The van der Waals surface area contributed by atoms with Crippen molar-refractivity contribution in [2.24, 2.45) is 7.05 Å². The Hall–Kier alpha value is -2.09. The van der Waals surface area contributed by atoms with Gasteiger partial charge in [0.2, 0.25) is 5.89 Å². The smallest absolute Gasteiger partial charge is 0.239 e. The van der Waals surface area contributed by atoms with Crippen molar-refractivity contribution in [1.29, 1.82) is 0 Å². The van der Waals surface area contributed by atoms with E-state index in [2.05, 4.69) is 27.3 Å². The maximum absolute atomic E-state index is 5.36. The third-order valence-corrected chi connectivity index (χ3v) is 4.29. The maximum Gasteiger partial charge on any atom is 0.239 e. The number of aryl methyl sites for hydroxylation is 1. The highest BCUT2D eigenvalue weighted by atomic mass is 32.2. The molecular formula is C14H17N5O2S. The third-order valence-electron chi connectivity index (χ3n) is 3.16. The molecule has 0 radical (unpaired) electrons. The minimum Gasteiger partial charge on any atom is -0.461 e. The molecule has 0 aliphatic carbocycles. The minimum atomic E-state index is 0.00505. The lowest BCUT2D eigenvalue weighted by Gasteiger charge is -2.05. The molecule has 116 valence electrons. The molecule has 7 nitrogen and oxygen atoms in total. The van der Waals surface area contributed by atoms with E-state index in [4.69, 9.17) is 8.94 Å². The summed E-state index contributed by atoms with van der Waals surface area (Å²) in [5.41, 5.74) is 0. The average molecular weight is 319 g/mol. The Morgan fingerprint density at radius 1 is 1.36 bits per heavy atom. The van der Waals surface area contributed by atoms with Crippen LogP contribution in [-0.2, 0) is 13.5 Å². The number of nitrogens with zero attached hydrogens (tertiary/aromatic N) is 5. The second-order valence-electron chi connectivity index (χ2n) is 4.90. The molecule has 8 heteroatoms. The summed E-state index contributed by atoms with van der Waals surface area (Å²) in [5, 5.41) is 13.1. The molecule has 0 N–H and O–H groups in total. The van der Waals surface area contributed by atoms with Gasteiger partial charge in [-0.15, -0.1) is 10.2 Å². The van der Waals surface area contributed by atoms with Gasteiger partial charge in [-0.1, -0.05) is 23.8 Å². The Labute approximate surface area is 132 Å². The van der Waals surface area contributed by atoms with Crippen LogP contribution in [0.5, 0.6) is 0 Å². The van der Waals surface area contributed by atoms with Gasteiger partial charge >= 0.3 is 0 Å². The van der Waals surface area contributed by atoms with Crippen LogP contribution in [-0.4, -0.2) is 24.9 Å². The van der Waals surface area contributed by atoms with Crippen molar-refractivity contribution >= 4 is 11.8 Å².